The number of hydrogen-bond donors (Lipinski definition) is 2. The maximum atomic E-state index is 10.3. The Morgan fingerprint density at radius 3 is 2.31 bits per heavy atom. The van der Waals surface area contributed by atoms with Crippen LogP contribution in [0.25, 0.3) is 0 Å². The van der Waals surface area contributed by atoms with Gasteiger partial charge in [0.15, 0.2) is 0 Å². The van der Waals surface area contributed by atoms with Crippen LogP contribution in [0.4, 0.5) is 0 Å². The van der Waals surface area contributed by atoms with Gasteiger partial charge < -0.3 is 10.4 Å². The fourth-order valence-electron chi connectivity index (χ4n) is 1.72. The highest BCUT2D eigenvalue weighted by molar-refractivity contribution is 4.91. The van der Waals surface area contributed by atoms with Gasteiger partial charge in [-0.2, -0.15) is 0 Å². The summed E-state index contributed by atoms with van der Waals surface area (Å²) in [7, 11) is 0. The number of aliphatic hydroxyl groups is 1. The molecule has 0 aliphatic carbocycles. The summed E-state index contributed by atoms with van der Waals surface area (Å²) in [4.78, 5) is 0. The third-order valence-corrected chi connectivity index (χ3v) is 3.42. The molecule has 0 aromatic carbocycles. The molecular formula is C11H23NO. The first-order valence-electron chi connectivity index (χ1n) is 5.29. The topological polar surface area (TPSA) is 32.3 Å². The standard InChI is InChI=1S/C11H23NO/c1-10(2,3)11(4,13)8-9-6-5-7-12-9/h9,12-13H,5-8H2,1-4H3. The molecule has 2 nitrogen and oxygen atoms in total. The lowest BCUT2D eigenvalue weighted by Gasteiger charge is -2.39. The van der Waals surface area contributed by atoms with Crippen LogP contribution in [0.15, 0.2) is 0 Å². The van der Waals surface area contributed by atoms with E-state index in [4.69, 9.17) is 0 Å². The summed E-state index contributed by atoms with van der Waals surface area (Å²) in [5.41, 5.74) is -0.591. The van der Waals surface area contributed by atoms with Crippen molar-refractivity contribution in [1.29, 1.82) is 0 Å². The van der Waals surface area contributed by atoms with E-state index in [1.54, 1.807) is 0 Å². The SMILES string of the molecule is CC(C)(C)C(C)(O)CC1CCCN1. The molecule has 1 rings (SSSR count). The number of nitrogens with one attached hydrogen (secondary N) is 1. The first-order chi connectivity index (χ1) is 5.83. The Bertz CT molecular complexity index is 163. The Kier molecular flexibility index (Phi) is 3.03. The van der Waals surface area contributed by atoms with E-state index in [0.29, 0.717) is 6.04 Å². The molecule has 0 aromatic rings. The minimum atomic E-state index is -0.561. The van der Waals surface area contributed by atoms with Gasteiger partial charge in [-0.1, -0.05) is 20.8 Å². The van der Waals surface area contributed by atoms with Gasteiger partial charge in [-0.3, -0.25) is 0 Å². The second kappa shape index (κ2) is 3.58. The fourth-order valence-corrected chi connectivity index (χ4v) is 1.72. The van der Waals surface area contributed by atoms with Gasteiger partial charge in [-0.25, -0.2) is 0 Å². The zero-order chi connectivity index (χ0) is 10.1. The van der Waals surface area contributed by atoms with Gasteiger partial charge in [0.25, 0.3) is 0 Å². The molecule has 0 bridgehead atoms. The van der Waals surface area contributed by atoms with Gasteiger partial charge in [0.2, 0.25) is 0 Å². The summed E-state index contributed by atoms with van der Waals surface area (Å²) < 4.78 is 0. The molecule has 2 unspecified atom stereocenters. The third kappa shape index (κ3) is 2.68. The summed E-state index contributed by atoms with van der Waals surface area (Å²) in [5.74, 6) is 0. The molecule has 2 N–H and O–H groups in total. The monoisotopic (exact) mass is 185 g/mol. The van der Waals surface area contributed by atoms with Crippen LogP contribution >= 0.6 is 0 Å². The van der Waals surface area contributed by atoms with E-state index >= 15 is 0 Å². The Hall–Kier alpha value is -0.0800. The van der Waals surface area contributed by atoms with E-state index in [1.165, 1.54) is 12.8 Å². The van der Waals surface area contributed by atoms with Crippen LogP contribution in [0, 0.1) is 5.41 Å². The predicted octanol–water partition coefficient (Wildman–Crippen LogP) is 1.93. The van der Waals surface area contributed by atoms with Crippen LogP contribution in [0.5, 0.6) is 0 Å². The van der Waals surface area contributed by atoms with Gasteiger partial charge in [-0.15, -0.1) is 0 Å². The van der Waals surface area contributed by atoms with Crippen molar-refractivity contribution in [3.63, 3.8) is 0 Å². The maximum absolute atomic E-state index is 10.3. The first kappa shape index (κ1) is 11.0. The predicted molar refractivity (Wildman–Crippen MR) is 55.7 cm³/mol. The minimum Gasteiger partial charge on any atom is -0.390 e. The van der Waals surface area contributed by atoms with Gasteiger partial charge in [0.1, 0.15) is 0 Å². The number of hydrogen-bond acceptors (Lipinski definition) is 2. The van der Waals surface area contributed by atoms with Crippen molar-refractivity contribution in [3.05, 3.63) is 0 Å². The van der Waals surface area contributed by atoms with Crippen LogP contribution in [0.1, 0.15) is 47.0 Å². The summed E-state index contributed by atoms with van der Waals surface area (Å²) in [6, 6.07) is 0.522. The van der Waals surface area contributed by atoms with Crippen LogP contribution in [0.3, 0.4) is 0 Å². The van der Waals surface area contributed by atoms with Crippen molar-refractivity contribution in [2.24, 2.45) is 5.41 Å². The smallest absolute Gasteiger partial charge is 0.0682 e. The van der Waals surface area contributed by atoms with Crippen molar-refractivity contribution >= 4 is 0 Å². The number of rotatable bonds is 2. The molecule has 13 heavy (non-hydrogen) atoms. The highest BCUT2D eigenvalue weighted by Gasteiger charge is 2.37. The lowest BCUT2D eigenvalue weighted by molar-refractivity contribution is -0.0537. The molecule has 1 fully saturated rings. The average Bonchev–Trinajstić information content (AvgIpc) is 2.35. The summed E-state index contributed by atoms with van der Waals surface area (Å²) in [6.45, 7) is 9.36. The highest BCUT2D eigenvalue weighted by atomic mass is 16.3. The molecular weight excluding hydrogens is 162 g/mol. The van der Waals surface area contributed by atoms with Gasteiger partial charge in [0.05, 0.1) is 5.60 Å². The van der Waals surface area contributed by atoms with Crippen molar-refractivity contribution in [1.82, 2.24) is 5.32 Å². The summed E-state index contributed by atoms with van der Waals surface area (Å²) >= 11 is 0. The zero-order valence-corrected chi connectivity index (χ0v) is 9.35. The molecule has 1 aliphatic rings. The fraction of sp³-hybridized carbons (Fsp3) is 1.00. The zero-order valence-electron chi connectivity index (χ0n) is 9.35. The Labute approximate surface area is 81.7 Å². The van der Waals surface area contributed by atoms with Crippen LogP contribution in [0.2, 0.25) is 0 Å². The first-order valence-corrected chi connectivity index (χ1v) is 5.29. The molecule has 78 valence electrons. The molecule has 1 saturated heterocycles. The van der Waals surface area contributed by atoms with E-state index in [9.17, 15) is 5.11 Å². The quantitative estimate of drug-likeness (QED) is 0.689. The van der Waals surface area contributed by atoms with E-state index in [0.717, 1.165) is 13.0 Å². The van der Waals surface area contributed by atoms with Crippen molar-refractivity contribution < 1.29 is 5.11 Å². The Morgan fingerprint density at radius 1 is 1.31 bits per heavy atom. The Balaban J connectivity index is 2.50. The minimum absolute atomic E-state index is 0.0305. The summed E-state index contributed by atoms with van der Waals surface area (Å²) in [5, 5.41) is 13.7. The molecule has 0 spiro atoms. The van der Waals surface area contributed by atoms with Crippen molar-refractivity contribution in [2.75, 3.05) is 6.54 Å². The molecule has 2 atom stereocenters. The molecule has 1 aliphatic heterocycles. The van der Waals surface area contributed by atoms with Gasteiger partial charge >= 0.3 is 0 Å². The molecule has 0 radical (unpaired) electrons. The Morgan fingerprint density at radius 2 is 1.92 bits per heavy atom. The van der Waals surface area contributed by atoms with Crippen LogP contribution in [-0.4, -0.2) is 23.3 Å². The van der Waals surface area contributed by atoms with Crippen molar-refractivity contribution in [2.45, 2.75) is 58.6 Å². The second-order valence-corrected chi connectivity index (χ2v) is 5.52. The molecule has 0 amide bonds. The maximum Gasteiger partial charge on any atom is 0.0682 e. The second-order valence-electron chi connectivity index (χ2n) is 5.52. The van der Waals surface area contributed by atoms with Crippen molar-refractivity contribution in [3.8, 4) is 0 Å². The van der Waals surface area contributed by atoms with Gasteiger partial charge in [0, 0.05) is 6.04 Å². The lowest BCUT2D eigenvalue weighted by atomic mass is 9.74. The van der Waals surface area contributed by atoms with E-state index < -0.39 is 5.60 Å². The molecule has 0 saturated carbocycles. The molecule has 0 aromatic heterocycles. The largest absolute Gasteiger partial charge is 0.390 e. The van der Waals surface area contributed by atoms with Crippen LogP contribution in [-0.2, 0) is 0 Å². The highest BCUT2D eigenvalue weighted by Crippen LogP contribution is 2.34. The van der Waals surface area contributed by atoms with E-state index in [2.05, 4.69) is 26.1 Å². The normalized spacial score (nSPS) is 28.8. The molecule has 2 heteroatoms. The van der Waals surface area contributed by atoms with Crippen LogP contribution < -0.4 is 5.32 Å². The summed E-state index contributed by atoms with van der Waals surface area (Å²) in [6.07, 6.45) is 3.34. The van der Waals surface area contributed by atoms with Gasteiger partial charge in [-0.05, 0) is 38.1 Å². The van der Waals surface area contributed by atoms with E-state index in [-0.39, 0.29) is 5.41 Å². The van der Waals surface area contributed by atoms with E-state index in [1.807, 2.05) is 6.92 Å². The lowest BCUT2D eigenvalue weighted by Crippen LogP contribution is -2.44. The third-order valence-electron chi connectivity index (χ3n) is 3.42. The molecule has 1 heterocycles. The average molecular weight is 185 g/mol.